The maximum Gasteiger partial charge on any atom is 0.248 e. The zero-order chi connectivity index (χ0) is 20.5. The fourth-order valence-electron chi connectivity index (χ4n) is 3.24. The summed E-state index contributed by atoms with van der Waals surface area (Å²) < 4.78 is 0. The number of carbonyl (C=O) groups is 1. The first-order valence-electron chi connectivity index (χ1n) is 9.60. The molecule has 5 nitrogen and oxygen atoms in total. The van der Waals surface area contributed by atoms with E-state index in [1.165, 1.54) is 11.1 Å². The fourth-order valence-corrected chi connectivity index (χ4v) is 3.24. The zero-order valence-corrected chi connectivity index (χ0v) is 19.2. The van der Waals surface area contributed by atoms with Gasteiger partial charge in [-0.05, 0) is 28.8 Å². The number of nitrogens with zero attached hydrogens (tertiary/aromatic N) is 1. The molecule has 0 aromatic heterocycles. The minimum atomic E-state index is -0.428. The number of benzene rings is 3. The fraction of sp³-hybridized carbons (Fsp3) is 0.167. The van der Waals surface area contributed by atoms with E-state index in [0.29, 0.717) is 24.6 Å². The number of hydrogen-bond donors (Lipinski definition) is 3. The Kier molecular flexibility index (Phi) is 9.34. The number of guanidine groups is 1. The molecule has 0 unspecified atom stereocenters. The van der Waals surface area contributed by atoms with E-state index in [9.17, 15) is 4.79 Å². The van der Waals surface area contributed by atoms with Crippen LogP contribution in [-0.2, 0) is 6.54 Å². The predicted octanol–water partition coefficient (Wildman–Crippen LogP) is 3.90. The molecule has 3 rings (SSSR count). The molecule has 0 saturated heterocycles. The van der Waals surface area contributed by atoms with Crippen molar-refractivity contribution >= 4 is 35.8 Å². The van der Waals surface area contributed by atoms with Gasteiger partial charge in [-0.15, -0.1) is 24.0 Å². The van der Waals surface area contributed by atoms with Crippen LogP contribution in [0, 0.1) is 0 Å². The lowest BCUT2D eigenvalue weighted by atomic mass is 9.91. The van der Waals surface area contributed by atoms with Crippen LogP contribution in [0.3, 0.4) is 0 Å². The van der Waals surface area contributed by atoms with Crippen molar-refractivity contribution in [2.75, 3.05) is 13.6 Å². The molecule has 0 fully saturated rings. The third kappa shape index (κ3) is 6.59. The van der Waals surface area contributed by atoms with Gasteiger partial charge in [0.15, 0.2) is 5.96 Å². The number of nitrogens with one attached hydrogen (secondary N) is 2. The summed E-state index contributed by atoms with van der Waals surface area (Å²) in [5, 5.41) is 6.72. The van der Waals surface area contributed by atoms with E-state index in [-0.39, 0.29) is 29.9 Å². The number of halogens is 1. The van der Waals surface area contributed by atoms with Crippen molar-refractivity contribution in [1.29, 1.82) is 0 Å². The summed E-state index contributed by atoms with van der Waals surface area (Å²) in [6.45, 7) is 1.25. The van der Waals surface area contributed by atoms with Crippen LogP contribution in [0.5, 0.6) is 0 Å². The van der Waals surface area contributed by atoms with Crippen LogP contribution in [0.2, 0.25) is 0 Å². The van der Waals surface area contributed by atoms with Crippen molar-refractivity contribution in [2.24, 2.45) is 10.7 Å². The molecule has 0 aliphatic heterocycles. The van der Waals surface area contributed by atoms with Gasteiger partial charge in [0.1, 0.15) is 0 Å². The van der Waals surface area contributed by atoms with Crippen LogP contribution < -0.4 is 16.4 Å². The second-order valence-electron chi connectivity index (χ2n) is 6.75. The molecular formula is C24H27IN4O. The molecule has 1 amide bonds. The van der Waals surface area contributed by atoms with E-state index in [0.717, 1.165) is 5.56 Å². The summed E-state index contributed by atoms with van der Waals surface area (Å²) in [6, 6.07) is 28.1. The molecule has 0 heterocycles. The Morgan fingerprint density at radius 2 is 1.50 bits per heavy atom. The molecular weight excluding hydrogens is 487 g/mol. The molecule has 156 valence electrons. The summed E-state index contributed by atoms with van der Waals surface area (Å²) in [4.78, 5) is 15.7. The third-order valence-corrected chi connectivity index (χ3v) is 4.77. The maximum absolute atomic E-state index is 11.4. The van der Waals surface area contributed by atoms with Gasteiger partial charge in [0.05, 0.1) is 0 Å². The van der Waals surface area contributed by atoms with Crippen molar-refractivity contribution in [3.63, 3.8) is 0 Å². The first-order valence-corrected chi connectivity index (χ1v) is 9.60. The van der Waals surface area contributed by atoms with Crippen LogP contribution in [-0.4, -0.2) is 25.5 Å². The average Bonchev–Trinajstić information content (AvgIpc) is 2.77. The topological polar surface area (TPSA) is 79.5 Å². The molecule has 4 N–H and O–H groups in total. The van der Waals surface area contributed by atoms with Crippen LogP contribution in [0.25, 0.3) is 0 Å². The second kappa shape index (κ2) is 12.0. The number of hydrogen-bond acceptors (Lipinski definition) is 2. The number of primary amides is 1. The van der Waals surface area contributed by atoms with E-state index >= 15 is 0 Å². The van der Waals surface area contributed by atoms with Gasteiger partial charge in [-0.3, -0.25) is 9.79 Å². The van der Waals surface area contributed by atoms with Crippen LogP contribution in [0.4, 0.5) is 0 Å². The Morgan fingerprint density at radius 1 is 0.900 bits per heavy atom. The van der Waals surface area contributed by atoms with Gasteiger partial charge < -0.3 is 16.4 Å². The lowest BCUT2D eigenvalue weighted by molar-refractivity contribution is 0.1000. The van der Waals surface area contributed by atoms with Crippen molar-refractivity contribution in [3.05, 3.63) is 107 Å². The molecule has 6 heteroatoms. The van der Waals surface area contributed by atoms with Crippen LogP contribution >= 0.6 is 24.0 Å². The molecule has 0 spiro atoms. The van der Waals surface area contributed by atoms with E-state index in [1.54, 1.807) is 19.2 Å². The highest BCUT2D eigenvalue weighted by atomic mass is 127. The van der Waals surface area contributed by atoms with Crippen LogP contribution in [0.15, 0.2) is 89.9 Å². The summed E-state index contributed by atoms with van der Waals surface area (Å²) in [6.07, 6.45) is 0. The van der Waals surface area contributed by atoms with Crippen molar-refractivity contribution in [3.8, 4) is 0 Å². The molecule has 0 bridgehead atoms. The molecule has 0 aliphatic rings. The van der Waals surface area contributed by atoms with Gasteiger partial charge in [0.2, 0.25) is 5.91 Å². The summed E-state index contributed by atoms with van der Waals surface area (Å²) in [7, 11) is 1.75. The normalized spacial score (nSPS) is 10.9. The van der Waals surface area contributed by atoms with Gasteiger partial charge in [0, 0.05) is 31.6 Å². The third-order valence-electron chi connectivity index (χ3n) is 4.77. The first-order chi connectivity index (χ1) is 14.2. The minimum absolute atomic E-state index is 0. The van der Waals surface area contributed by atoms with Gasteiger partial charge in [-0.2, -0.15) is 0 Å². The van der Waals surface area contributed by atoms with E-state index in [2.05, 4.69) is 64.2 Å². The second-order valence-corrected chi connectivity index (χ2v) is 6.75. The van der Waals surface area contributed by atoms with Gasteiger partial charge in [-0.25, -0.2) is 0 Å². The molecule has 0 atom stereocenters. The van der Waals surface area contributed by atoms with Crippen LogP contribution in [0.1, 0.15) is 33.0 Å². The molecule has 3 aromatic rings. The van der Waals surface area contributed by atoms with E-state index in [1.807, 2.05) is 24.3 Å². The molecule has 3 aromatic carbocycles. The predicted molar refractivity (Wildman–Crippen MR) is 133 cm³/mol. The lowest BCUT2D eigenvalue weighted by Gasteiger charge is -2.20. The highest BCUT2D eigenvalue weighted by Gasteiger charge is 2.14. The summed E-state index contributed by atoms with van der Waals surface area (Å²) in [5.74, 6) is 0.475. The SMILES string of the molecule is CN=C(NCc1cccc(C(N)=O)c1)NCC(c1ccccc1)c1ccccc1.I. The Labute approximate surface area is 194 Å². The number of aliphatic imine (C=N–C) groups is 1. The number of nitrogens with two attached hydrogens (primary N) is 1. The molecule has 30 heavy (non-hydrogen) atoms. The highest BCUT2D eigenvalue weighted by molar-refractivity contribution is 14.0. The van der Waals surface area contributed by atoms with Crippen molar-refractivity contribution < 1.29 is 4.79 Å². The standard InChI is InChI=1S/C24H26N4O.HI/c1-26-24(27-16-18-9-8-14-21(15-18)23(25)29)28-17-22(19-10-4-2-5-11-19)20-12-6-3-7-13-20;/h2-15,22H,16-17H2,1H3,(H2,25,29)(H2,26,27,28);1H. The lowest BCUT2D eigenvalue weighted by Crippen LogP contribution is -2.39. The molecule has 0 saturated carbocycles. The Hall–Kier alpha value is -2.87. The largest absolute Gasteiger partial charge is 0.366 e. The molecule has 0 aliphatic carbocycles. The molecule has 0 radical (unpaired) electrons. The number of carbonyl (C=O) groups excluding carboxylic acids is 1. The Morgan fingerprint density at radius 3 is 2.03 bits per heavy atom. The van der Waals surface area contributed by atoms with Crippen molar-refractivity contribution in [1.82, 2.24) is 10.6 Å². The average molecular weight is 514 g/mol. The van der Waals surface area contributed by atoms with E-state index < -0.39 is 5.91 Å². The van der Waals surface area contributed by atoms with Crippen molar-refractivity contribution in [2.45, 2.75) is 12.5 Å². The van der Waals surface area contributed by atoms with Gasteiger partial charge in [0.25, 0.3) is 0 Å². The Balaban J connectivity index is 0.00000320. The maximum atomic E-state index is 11.4. The highest BCUT2D eigenvalue weighted by Crippen LogP contribution is 2.23. The smallest absolute Gasteiger partial charge is 0.248 e. The number of amides is 1. The van der Waals surface area contributed by atoms with Gasteiger partial charge >= 0.3 is 0 Å². The number of rotatable bonds is 7. The Bertz CT molecular complexity index is 922. The summed E-state index contributed by atoms with van der Waals surface area (Å²) in [5.41, 5.74) is 9.32. The quantitative estimate of drug-likeness (QED) is 0.254. The summed E-state index contributed by atoms with van der Waals surface area (Å²) >= 11 is 0. The minimum Gasteiger partial charge on any atom is -0.366 e. The zero-order valence-electron chi connectivity index (χ0n) is 16.9. The first kappa shape index (κ1) is 23.4. The van der Waals surface area contributed by atoms with Gasteiger partial charge in [-0.1, -0.05) is 72.8 Å². The monoisotopic (exact) mass is 514 g/mol. The van der Waals surface area contributed by atoms with E-state index in [4.69, 9.17) is 5.73 Å².